The van der Waals surface area contributed by atoms with Crippen LogP contribution in [0.15, 0.2) is 146 Å². The zero-order valence-electron chi connectivity index (χ0n) is 65.3. The molecule has 1 N–H and O–H groups in total. The van der Waals surface area contributed by atoms with Crippen LogP contribution in [0.3, 0.4) is 0 Å². The molecule has 2 saturated carbocycles. The Morgan fingerprint density at radius 1 is 0.402 bits per heavy atom. The zero-order chi connectivity index (χ0) is 70.5. The molecule has 0 spiro atoms. The maximum absolute atomic E-state index is 9.23. The van der Waals surface area contributed by atoms with Gasteiger partial charge in [0.25, 0.3) is 0 Å². The van der Waals surface area contributed by atoms with E-state index in [9.17, 15) is 5.11 Å². The average Bonchev–Trinajstić information content (AvgIpc) is 1.58. The van der Waals surface area contributed by atoms with E-state index in [0.29, 0.717) is 35.9 Å². The van der Waals surface area contributed by atoms with Crippen LogP contribution in [0.5, 0.6) is 0 Å². The van der Waals surface area contributed by atoms with Crippen LogP contribution in [0.4, 0.5) is 0 Å². The minimum Gasteiger partial charge on any atom is -0.392 e. The smallest absolute Gasteiger partial charge is 0.0720 e. The number of aliphatic hydroxyl groups excluding tert-OH is 1. The van der Waals surface area contributed by atoms with Crippen LogP contribution in [-0.4, -0.2) is 24.4 Å². The standard InChI is InChI=1S/C16H24O.2C15H22O.C14H20.2C13H18.C8H16/c1-11(2)15-12-8-6-7-9-13(12)16(3,4)10-14(15)17-5;1-10(2)15-11(3)4-6-13-7-5-12(9-16)8-14(13)15;1-12(2)14-9-6-10-15(14)16-11-13-7-4-3-5-8-13;1-10(2)14-11(3)8-9-12-6-4-5-7-13(12)14;1-9(2)13-10(3)8-11-6-4-5-7-12(11)13;1-10(2)12-9-5-7-11-6-3-4-8-13(11)12;1-7(2)8-5-3-4-6-8/h6-9,11,14-15H,10H2,1-5H3;5,7-8,10-11,15-16H,4,6,9H2,1-3H3;3-5,7-8,12,14-15H,6,9-11H2,1-2H3;4-7,10-11,14H,8-9H2,1-3H3;4-7,9-10,13H,8H2,1-3H3;3-4,6,8,10,12H,5,7,9H2,1-2H3;7-8H,3-6H2,1-2H3. The molecule has 534 valence electrons. The van der Waals surface area contributed by atoms with Gasteiger partial charge in [0.2, 0.25) is 0 Å². The number of hydrogen-bond donors (Lipinski definition) is 1. The minimum atomic E-state index is 0.159. The summed E-state index contributed by atoms with van der Waals surface area (Å²) in [6, 6.07) is 52.7. The van der Waals surface area contributed by atoms with Crippen LogP contribution < -0.4 is 0 Å². The molecule has 97 heavy (non-hydrogen) atoms. The predicted molar refractivity (Wildman–Crippen MR) is 419 cm³/mol. The Labute approximate surface area is 596 Å². The van der Waals surface area contributed by atoms with E-state index in [4.69, 9.17) is 9.47 Å². The van der Waals surface area contributed by atoms with Crippen molar-refractivity contribution < 1.29 is 14.6 Å². The van der Waals surface area contributed by atoms with Gasteiger partial charge in [-0.1, -0.05) is 309 Å². The molecule has 11 atom stereocenters. The first-order chi connectivity index (χ1) is 46.4. The van der Waals surface area contributed by atoms with Crippen molar-refractivity contribution in [1.29, 1.82) is 0 Å². The Morgan fingerprint density at radius 2 is 0.897 bits per heavy atom. The van der Waals surface area contributed by atoms with Crippen molar-refractivity contribution in [3.8, 4) is 0 Å². The quantitative estimate of drug-likeness (QED) is 0.133. The summed E-state index contributed by atoms with van der Waals surface area (Å²) in [5.41, 5.74) is 18.1. The molecule has 2 fully saturated rings. The van der Waals surface area contributed by atoms with Crippen molar-refractivity contribution in [1.82, 2.24) is 0 Å². The second-order valence-corrected chi connectivity index (χ2v) is 34.2. The van der Waals surface area contributed by atoms with E-state index in [-0.39, 0.29) is 12.0 Å². The number of methoxy groups -OCH3 is 1. The Hall–Kier alpha value is -4.80. The van der Waals surface area contributed by atoms with Gasteiger partial charge in [-0.3, -0.25) is 0 Å². The Kier molecular flexibility index (Phi) is 31.9. The SMILES string of the molecule is CC(C)C1CCCC1.CC(C)C1CCCC1OCc1ccccc1.CC(C)C1CCCc2ccccc21.CC(C)C1c2cc(CO)ccc2CCC1C.CC(C)C1c2ccccc2CC1C.CC(C)C1c2ccccc2CCC1C.COC1CC(C)(C)c2ccccc2C1C(C)C. The highest BCUT2D eigenvalue weighted by Crippen LogP contribution is 2.48. The zero-order valence-corrected chi connectivity index (χ0v) is 65.3. The van der Waals surface area contributed by atoms with Crippen molar-refractivity contribution >= 4 is 0 Å². The van der Waals surface area contributed by atoms with Crippen LogP contribution >= 0.6 is 0 Å². The van der Waals surface area contributed by atoms with Crippen molar-refractivity contribution in [3.05, 3.63) is 212 Å². The number of rotatable bonds is 12. The molecule has 11 unspecified atom stereocenters. The fourth-order valence-electron chi connectivity index (χ4n) is 19.2. The summed E-state index contributed by atoms with van der Waals surface area (Å²) < 4.78 is 11.8. The van der Waals surface area contributed by atoms with Crippen molar-refractivity contribution in [2.75, 3.05) is 7.11 Å². The van der Waals surface area contributed by atoms with Crippen LogP contribution in [0, 0.1) is 71.0 Å². The molecule has 0 amide bonds. The van der Waals surface area contributed by atoms with Gasteiger partial charge in [-0.2, -0.15) is 0 Å². The highest BCUT2D eigenvalue weighted by Gasteiger charge is 2.41. The van der Waals surface area contributed by atoms with Gasteiger partial charge in [0.15, 0.2) is 0 Å². The van der Waals surface area contributed by atoms with Crippen LogP contribution in [-0.2, 0) is 53.8 Å². The Bertz CT molecular complexity index is 3190. The van der Waals surface area contributed by atoms with Crippen LogP contribution in [0.2, 0.25) is 0 Å². The van der Waals surface area contributed by atoms with Gasteiger partial charge in [0.1, 0.15) is 0 Å². The van der Waals surface area contributed by atoms with Crippen molar-refractivity contribution in [2.24, 2.45) is 71.0 Å². The molecule has 6 aromatic carbocycles. The molecule has 7 aliphatic rings. The molecule has 3 nitrogen and oxygen atoms in total. The number of hydrogen-bond acceptors (Lipinski definition) is 3. The topological polar surface area (TPSA) is 38.7 Å². The Morgan fingerprint density at radius 3 is 1.43 bits per heavy atom. The lowest BCUT2D eigenvalue weighted by Crippen LogP contribution is -2.39. The maximum Gasteiger partial charge on any atom is 0.0720 e. The van der Waals surface area contributed by atoms with E-state index < -0.39 is 0 Å². The molecule has 0 heterocycles. The summed E-state index contributed by atoms with van der Waals surface area (Å²) in [7, 11) is 1.85. The molecule has 0 radical (unpaired) electrons. The average molecular weight is 1320 g/mol. The molecule has 3 heteroatoms. The third-order valence-corrected chi connectivity index (χ3v) is 24.3. The van der Waals surface area contributed by atoms with Gasteiger partial charge < -0.3 is 14.6 Å². The third kappa shape index (κ3) is 22.1. The Balaban J connectivity index is 0.000000161. The van der Waals surface area contributed by atoms with Crippen molar-refractivity contribution in [2.45, 2.75) is 295 Å². The molecular weight excluding hydrogens is 1180 g/mol. The summed E-state index contributed by atoms with van der Waals surface area (Å²) in [6.45, 7) is 45.3. The van der Waals surface area contributed by atoms with Gasteiger partial charge in [0, 0.05) is 13.0 Å². The van der Waals surface area contributed by atoms with Crippen molar-refractivity contribution in [3.63, 3.8) is 0 Å². The summed E-state index contributed by atoms with van der Waals surface area (Å²) in [5.74, 6) is 13.2. The largest absolute Gasteiger partial charge is 0.392 e. The summed E-state index contributed by atoms with van der Waals surface area (Å²) in [4.78, 5) is 0. The summed E-state index contributed by atoms with van der Waals surface area (Å²) >= 11 is 0. The first kappa shape index (κ1) is 79.5. The number of benzene rings is 6. The molecule has 13 rings (SSSR count). The van der Waals surface area contributed by atoms with Gasteiger partial charge in [-0.15, -0.1) is 0 Å². The van der Waals surface area contributed by atoms with E-state index in [0.717, 1.165) is 95.5 Å². The lowest BCUT2D eigenvalue weighted by Gasteiger charge is -2.43. The van der Waals surface area contributed by atoms with E-state index >= 15 is 0 Å². The number of fused-ring (bicyclic) bond motifs is 5. The predicted octanol–water partition coefficient (Wildman–Crippen LogP) is 25.9. The highest BCUT2D eigenvalue weighted by molar-refractivity contribution is 5.41. The summed E-state index contributed by atoms with van der Waals surface area (Å²) in [5, 5.41) is 9.23. The number of ether oxygens (including phenoxy) is 2. The normalized spacial score (nSPS) is 25.1. The van der Waals surface area contributed by atoms with Gasteiger partial charge in [-0.05, 0) is 237 Å². The fourth-order valence-corrected chi connectivity index (χ4v) is 19.2. The lowest BCUT2D eigenvalue weighted by molar-refractivity contribution is 0.00355. The molecule has 7 aliphatic carbocycles. The molecule has 0 bridgehead atoms. The monoisotopic (exact) mass is 1320 g/mol. The van der Waals surface area contributed by atoms with Crippen LogP contribution in [0.1, 0.15) is 305 Å². The fraction of sp³-hybridized carbons (Fsp3) is 0.617. The number of aliphatic hydroxyl groups is 1. The van der Waals surface area contributed by atoms with Gasteiger partial charge >= 0.3 is 0 Å². The van der Waals surface area contributed by atoms with E-state index in [1.165, 1.54) is 124 Å². The second kappa shape index (κ2) is 38.9. The highest BCUT2D eigenvalue weighted by atomic mass is 16.5. The molecular formula is C94H140O3. The van der Waals surface area contributed by atoms with Crippen LogP contribution in [0.25, 0.3) is 0 Å². The lowest BCUT2D eigenvalue weighted by atomic mass is 9.65. The van der Waals surface area contributed by atoms with Gasteiger partial charge in [0.05, 0.1) is 25.4 Å². The second-order valence-electron chi connectivity index (χ2n) is 34.2. The minimum absolute atomic E-state index is 0.159. The summed E-state index contributed by atoms with van der Waals surface area (Å²) in [6.07, 6.45) is 22.3. The van der Waals surface area contributed by atoms with Gasteiger partial charge in [-0.25, -0.2) is 0 Å². The molecule has 6 aromatic rings. The van der Waals surface area contributed by atoms with E-state index in [1.54, 1.807) is 33.4 Å². The first-order valence-electron chi connectivity index (χ1n) is 39.6. The van der Waals surface area contributed by atoms with E-state index in [2.05, 4.69) is 277 Å². The molecule has 0 aromatic heterocycles. The van der Waals surface area contributed by atoms with E-state index in [1.807, 2.05) is 7.11 Å². The molecule has 0 saturated heterocycles. The molecule has 0 aliphatic heterocycles. The maximum atomic E-state index is 9.23. The number of aryl methyl sites for hydroxylation is 3. The third-order valence-electron chi connectivity index (χ3n) is 24.3. The first-order valence-corrected chi connectivity index (χ1v) is 39.6.